The molecule has 0 aliphatic carbocycles. The lowest BCUT2D eigenvalue weighted by Crippen LogP contribution is -2.03. The summed E-state index contributed by atoms with van der Waals surface area (Å²) >= 11 is 0. The highest BCUT2D eigenvalue weighted by molar-refractivity contribution is 5.48. The van der Waals surface area contributed by atoms with Gasteiger partial charge in [0.2, 0.25) is 0 Å². The number of hydrogen-bond acceptors (Lipinski definition) is 2. The Kier molecular flexibility index (Phi) is 4.70. The third-order valence-corrected chi connectivity index (χ3v) is 2.87. The monoisotopic (exact) mass is 241 g/mol. The van der Waals surface area contributed by atoms with Gasteiger partial charge in [-0.3, -0.25) is 0 Å². The SMILES string of the molecule is CCCCc1cnnn1C/C=C/c1ccccc1. The molecule has 0 amide bonds. The average Bonchev–Trinajstić information content (AvgIpc) is 2.85. The predicted molar refractivity (Wildman–Crippen MR) is 74.1 cm³/mol. The first-order valence-corrected chi connectivity index (χ1v) is 6.49. The Labute approximate surface area is 108 Å². The molecule has 18 heavy (non-hydrogen) atoms. The summed E-state index contributed by atoms with van der Waals surface area (Å²) in [5.74, 6) is 0. The van der Waals surface area contributed by atoms with Crippen LogP contribution < -0.4 is 0 Å². The molecule has 0 saturated carbocycles. The van der Waals surface area contributed by atoms with Crippen molar-refractivity contribution in [3.8, 4) is 0 Å². The zero-order valence-electron chi connectivity index (χ0n) is 10.8. The number of rotatable bonds is 6. The Morgan fingerprint density at radius 3 is 2.83 bits per heavy atom. The van der Waals surface area contributed by atoms with E-state index in [2.05, 4.69) is 41.5 Å². The van der Waals surface area contributed by atoms with Gasteiger partial charge < -0.3 is 0 Å². The number of aryl methyl sites for hydroxylation is 1. The Hall–Kier alpha value is -1.90. The van der Waals surface area contributed by atoms with Crippen LogP contribution in [0.4, 0.5) is 0 Å². The highest BCUT2D eigenvalue weighted by Gasteiger charge is 2.00. The van der Waals surface area contributed by atoms with E-state index in [1.54, 1.807) is 0 Å². The Morgan fingerprint density at radius 1 is 1.22 bits per heavy atom. The largest absolute Gasteiger partial charge is 0.246 e. The fourth-order valence-electron chi connectivity index (χ4n) is 1.84. The zero-order chi connectivity index (χ0) is 12.6. The van der Waals surface area contributed by atoms with Crippen molar-refractivity contribution in [3.05, 3.63) is 53.9 Å². The first-order chi connectivity index (χ1) is 8.90. The number of nitrogens with zero attached hydrogens (tertiary/aromatic N) is 3. The number of hydrogen-bond donors (Lipinski definition) is 0. The molecular weight excluding hydrogens is 222 g/mol. The van der Waals surface area contributed by atoms with Gasteiger partial charge in [-0.2, -0.15) is 0 Å². The summed E-state index contributed by atoms with van der Waals surface area (Å²) in [6, 6.07) is 10.3. The van der Waals surface area contributed by atoms with E-state index in [1.165, 1.54) is 24.1 Å². The molecule has 0 saturated heterocycles. The van der Waals surface area contributed by atoms with Crippen LogP contribution in [0, 0.1) is 0 Å². The molecule has 2 aromatic rings. The first-order valence-electron chi connectivity index (χ1n) is 6.49. The van der Waals surface area contributed by atoms with Gasteiger partial charge in [-0.1, -0.05) is 61.0 Å². The van der Waals surface area contributed by atoms with Crippen LogP contribution in [-0.4, -0.2) is 15.0 Å². The van der Waals surface area contributed by atoms with Gasteiger partial charge in [0, 0.05) is 0 Å². The summed E-state index contributed by atoms with van der Waals surface area (Å²) in [7, 11) is 0. The summed E-state index contributed by atoms with van der Waals surface area (Å²) < 4.78 is 1.97. The lowest BCUT2D eigenvalue weighted by atomic mass is 10.2. The number of benzene rings is 1. The summed E-state index contributed by atoms with van der Waals surface area (Å²) in [5, 5.41) is 8.10. The molecular formula is C15H19N3. The zero-order valence-corrected chi connectivity index (χ0v) is 10.8. The Morgan fingerprint density at radius 2 is 2.06 bits per heavy atom. The Bertz CT molecular complexity index is 485. The van der Waals surface area contributed by atoms with E-state index in [0.29, 0.717) is 0 Å². The van der Waals surface area contributed by atoms with E-state index in [9.17, 15) is 0 Å². The van der Waals surface area contributed by atoms with E-state index >= 15 is 0 Å². The van der Waals surface area contributed by atoms with Gasteiger partial charge in [-0.25, -0.2) is 4.68 Å². The van der Waals surface area contributed by atoms with Crippen molar-refractivity contribution in [2.24, 2.45) is 0 Å². The van der Waals surface area contributed by atoms with Crippen LogP contribution in [0.3, 0.4) is 0 Å². The van der Waals surface area contributed by atoms with Crippen molar-refractivity contribution >= 4 is 6.08 Å². The minimum absolute atomic E-state index is 0.786. The van der Waals surface area contributed by atoms with Crippen LogP contribution in [-0.2, 0) is 13.0 Å². The number of allylic oxidation sites excluding steroid dienone is 1. The van der Waals surface area contributed by atoms with Gasteiger partial charge in [0.25, 0.3) is 0 Å². The minimum atomic E-state index is 0.786. The second kappa shape index (κ2) is 6.74. The molecule has 0 bridgehead atoms. The molecule has 1 heterocycles. The Balaban J connectivity index is 1.94. The van der Waals surface area contributed by atoms with Crippen molar-refractivity contribution in [2.75, 3.05) is 0 Å². The lowest BCUT2D eigenvalue weighted by molar-refractivity contribution is 0.616. The molecule has 1 aromatic heterocycles. The van der Waals surface area contributed by atoms with Crippen molar-refractivity contribution in [1.82, 2.24) is 15.0 Å². The minimum Gasteiger partial charge on any atom is -0.246 e. The second-order valence-electron chi connectivity index (χ2n) is 4.32. The summed E-state index contributed by atoms with van der Waals surface area (Å²) in [6.45, 7) is 2.98. The van der Waals surface area contributed by atoms with Gasteiger partial charge in [0.05, 0.1) is 18.4 Å². The maximum atomic E-state index is 4.12. The fraction of sp³-hybridized carbons (Fsp3) is 0.333. The molecule has 0 aliphatic heterocycles. The topological polar surface area (TPSA) is 30.7 Å². The summed E-state index contributed by atoms with van der Waals surface area (Å²) in [5.41, 5.74) is 2.43. The molecule has 0 aliphatic rings. The maximum Gasteiger partial charge on any atom is 0.0725 e. The van der Waals surface area contributed by atoms with E-state index in [0.717, 1.165) is 13.0 Å². The third kappa shape index (κ3) is 3.55. The van der Waals surface area contributed by atoms with E-state index in [-0.39, 0.29) is 0 Å². The van der Waals surface area contributed by atoms with Gasteiger partial charge in [0.1, 0.15) is 0 Å². The molecule has 3 nitrogen and oxygen atoms in total. The molecule has 0 fully saturated rings. The summed E-state index contributed by atoms with van der Waals surface area (Å²) in [6.07, 6.45) is 9.56. The van der Waals surface area contributed by atoms with E-state index in [4.69, 9.17) is 0 Å². The van der Waals surface area contributed by atoms with Gasteiger partial charge in [-0.15, -0.1) is 5.10 Å². The van der Waals surface area contributed by atoms with Crippen molar-refractivity contribution in [1.29, 1.82) is 0 Å². The molecule has 0 spiro atoms. The third-order valence-electron chi connectivity index (χ3n) is 2.87. The van der Waals surface area contributed by atoms with E-state index < -0.39 is 0 Å². The normalized spacial score (nSPS) is 11.2. The van der Waals surface area contributed by atoms with Gasteiger partial charge >= 0.3 is 0 Å². The van der Waals surface area contributed by atoms with Gasteiger partial charge in [-0.05, 0) is 18.4 Å². The average molecular weight is 241 g/mol. The lowest BCUT2D eigenvalue weighted by Gasteiger charge is -2.02. The molecule has 3 heteroatoms. The molecule has 94 valence electrons. The summed E-state index contributed by atoms with van der Waals surface area (Å²) in [4.78, 5) is 0. The highest BCUT2D eigenvalue weighted by atomic mass is 15.4. The van der Waals surface area contributed by atoms with Gasteiger partial charge in [0.15, 0.2) is 0 Å². The predicted octanol–water partition coefficient (Wildman–Crippen LogP) is 3.33. The second-order valence-corrected chi connectivity index (χ2v) is 4.32. The van der Waals surface area contributed by atoms with Crippen LogP contribution in [0.1, 0.15) is 31.0 Å². The van der Waals surface area contributed by atoms with Crippen LogP contribution in [0.15, 0.2) is 42.6 Å². The quantitative estimate of drug-likeness (QED) is 0.776. The van der Waals surface area contributed by atoms with Crippen LogP contribution in [0.2, 0.25) is 0 Å². The standard InChI is InChI=1S/C15H19N3/c1-2-3-11-15-13-16-17-18(15)12-7-10-14-8-5-4-6-9-14/h4-10,13H,2-3,11-12H2,1H3/b10-7+. The van der Waals surface area contributed by atoms with Crippen LogP contribution in [0.25, 0.3) is 6.08 Å². The maximum absolute atomic E-state index is 4.12. The van der Waals surface area contributed by atoms with Crippen LogP contribution in [0.5, 0.6) is 0 Å². The molecule has 1 aromatic carbocycles. The molecule has 0 atom stereocenters. The van der Waals surface area contributed by atoms with Crippen LogP contribution >= 0.6 is 0 Å². The van der Waals surface area contributed by atoms with Crippen molar-refractivity contribution in [2.45, 2.75) is 32.7 Å². The van der Waals surface area contributed by atoms with E-state index in [1.807, 2.05) is 29.1 Å². The molecule has 0 N–H and O–H groups in total. The highest BCUT2D eigenvalue weighted by Crippen LogP contribution is 2.05. The number of unbranched alkanes of at least 4 members (excludes halogenated alkanes) is 1. The van der Waals surface area contributed by atoms with Crippen molar-refractivity contribution < 1.29 is 0 Å². The molecule has 2 rings (SSSR count). The first kappa shape index (κ1) is 12.6. The fourth-order valence-corrected chi connectivity index (χ4v) is 1.84. The molecule has 0 radical (unpaired) electrons. The van der Waals surface area contributed by atoms with Crippen molar-refractivity contribution in [3.63, 3.8) is 0 Å². The number of aromatic nitrogens is 3. The smallest absolute Gasteiger partial charge is 0.0725 e. The molecule has 0 unspecified atom stereocenters.